The van der Waals surface area contributed by atoms with Crippen molar-refractivity contribution in [2.45, 2.75) is 6.42 Å². The van der Waals surface area contributed by atoms with E-state index in [9.17, 15) is 9.59 Å². The lowest BCUT2D eigenvalue weighted by Gasteiger charge is -2.19. The van der Waals surface area contributed by atoms with Crippen molar-refractivity contribution in [2.24, 2.45) is 0 Å². The first kappa shape index (κ1) is 10.9. The highest BCUT2D eigenvalue weighted by molar-refractivity contribution is 5.93. The van der Waals surface area contributed by atoms with Crippen molar-refractivity contribution in [1.82, 2.24) is 15.2 Å². The molecule has 16 heavy (non-hydrogen) atoms. The van der Waals surface area contributed by atoms with Crippen molar-refractivity contribution >= 4 is 5.91 Å². The van der Waals surface area contributed by atoms with Crippen LogP contribution in [0.15, 0.2) is 23.1 Å². The summed E-state index contributed by atoms with van der Waals surface area (Å²) in [5.41, 5.74) is -0.0888. The van der Waals surface area contributed by atoms with Gasteiger partial charge in [-0.25, -0.2) is 0 Å². The summed E-state index contributed by atoms with van der Waals surface area (Å²) in [7, 11) is 0. The monoisotopic (exact) mass is 221 g/mol. The minimum Gasteiger partial charge on any atom is -0.337 e. The summed E-state index contributed by atoms with van der Waals surface area (Å²) in [6.45, 7) is 3.08. The molecule has 0 spiro atoms. The van der Waals surface area contributed by atoms with Crippen LogP contribution in [0.3, 0.4) is 0 Å². The molecule has 5 heteroatoms. The van der Waals surface area contributed by atoms with Crippen LogP contribution in [0.5, 0.6) is 0 Å². The van der Waals surface area contributed by atoms with Crippen molar-refractivity contribution in [2.75, 3.05) is 26.2 Å². The van der Waals surface area contributed by atoms with E-state index in [-0.39, 0.29) is 17.0 Å². The number of rotatable bonds is 1. The molecule has 1 fully saturated rings. The molecule has 0 aliphatic carbocycles. The average Bonchev–Trinajstić information content (AvgIpc) is 2.57. The summed E-state index contributed by atoms with van der Waals surface area (Å²) in [4.78, 5) is 27.8. The number of aromatic nitrogens is 1. The zero-order valence-corrected chi connectivity index (χ0v) is 9.03. The van der Waals surface area contributed by atoms with Gasteiger partial charge in [-0.3, -0.25) is 9.59 Å². The summed E-state index contributed by atoms with van der Waals surface area (Å²) in [6, 6.07) is 3.24. The Morgan fingerprint density at radius 1 is 1.31 bits per heavy atom. The number of nitrogens with zero attached hydrogens (tertiary/aromatic N) is 1. The second-order valence-electron chi connectivity index (χ2n) is 3.81. The minimum atomic E-state index is -0.315. The van der Waals surface area contributed by atoms with Gasteiger partial charge in [0, 0.05) is 25.8 Å². The van der Waals surface area contributed by atoms with Gasteiger partial charge < -0.3 is 15.2 Å². The Bertz CT molecular complexity index is 419. The molecule has 0 saturated carbocycles. The number of H-pyrrole nitrogens is 1. The molecule has 0 bridgehead atoms. The Balaban J connectivity index is 2.18. The van der Waals surface area contributed by atoms with E-state index in [1.54, 1.807) is 17.0 Å². The molecule has 2 rings (SSSR count). The minimum absolute atomic E-state index is 0.175. The van der Waals surface area contributed by atoms with E-state index in [0.717, 1.165) is 19.5 Å². The second kappa shape index (κ2) is 4.94. The molecule has 1 aliphatic heterocycles. The third-order valence-corrected chi connectivity index (χ3v) is 2.68. The lowest BCUT2D eigenvalue weighted by atomic mass is 10.2. The van der Waals surface area contributed by atoms with E-state index in [1.165, 1.54) is 6.20 Å². The van der Waals surface area contributed by atoms with E-state index in [1.807, 2.05) is 0 Å². The topological polar surface area (TPSA) is 65.2 Å². The van der Waals surface area contributed by atoms with Crippen LogP contribution in [0.2, 0.25) is 0 Å². The number of hydrogen-bond donors (Lipinski definition) is 2. The van der Waals surface area contributed by atoms with E-state index < -0.39 is 0 Å². The first-order valence-corrected chi connectivity index (χ1v) is 5.47. The first-order valence-electron chi connectivity index (χ1n) is 5.47. The molecule has 2 N–H and O–H groups in total. The Labute approximate surface area is 93.5 Å². The van der Waals surface area contributed by atoms with Gasteiger partial charge in [-0.2, -0.15) is 0 Å². The molecule has 0 aromatic carbocycles. The fourth-order valence-corrected chi connectivity index (χ4v) is 1.81. The van der Waals surface area contributed by atoms with Gasteiger partial charge >= 0.3 is 0 Å². The van der Waals surface area contributed by atoms with Gasteiger partial charge in [-0.05, 0) is 25.1 Å². The quantitative estimate of drug-likeness (QED) is 0.691. The van der Waals surface area contributed by atoms with Crippen molar-refractivity contribution in [1.29, 1.82) is 0 Å². The highest BCUT2D eigenvalue weighted by Gasteiger charge is 2.18. The first-order chi connectivity index (χ1) is 7.79. The summed E-state index contributed by atoms with van der Waals surface area (Å²) < 4.78 is 0. The molecule has 86 valence electrons. The number of aromatic amines is 1. The third kappa shape index (κ3) is 2.30. The summed E-state index contributed by atoms with van der Waals surface area (Å²) in [5, 5.41) is 3.22. The van der Waals surface area contributed by atoms with Crippen LogP contribution in [0, 0.1) is 0 Å². The SMILES string of the molecule is O=C(c1ccc[nH]c1=O)N1CCCNCC1. The number of amides is 1. The Kier molecular flexibility index (Phi) is 3.36. The molecule has 0 radical (unpaired) electrons. The highest BCUT2D eigenvalue weighted by Crippen LogP contribution is 2.02. The zero-order chi connectivity index (χ0) is 11.4. The normalized spacial score (nSPS) is 16.9. The summed E-state index contributed by atoms with van der Waals surface area (Å²) in [5.74, 6) is -0.175. The van der Waals surface area contributed by atoms with E-state index in [0.29, 0.717) is 13.1 Å². The Morgan fingerprint density at radius 3 is 3.00 bits per heavy atom. The van der Waals surface area contributed by atoms with Crippen LogP contribution >= 0.6 is 0 Å². The van der Waals surface area contributed by atoms with Gasteiger partial charge in [-0.15, -0.1) is 0 Å². The van der Waals surface area contributed by atoms with Crippen LogP contribution in [0.4, 0.5) is 0 Å². The van der Waals surface area contributed by atoms with Crippen molar-refractivity contribution < 1.29 is 4.79 Å². The van der Waals surface area contributed by atoms with Gasteiger partial charge in [0.1, 0.15) is 5.56 Å². The molecular formula is C11H15N3O2. The molecule has 1 aromatic rings. The molecular weight excluding hydrogens is 206 g/mol. The predicted octanol–water partition coefficient (Wildman–Crippen LogP) is -0.190. The van der Waals surface area contributed by atoms with Gasteiger partial charge in [0.05, 0.1) is 0 Å². The van der Waals surface area contributed by atoms with Gasteiger partial charge in [0.2, 0.25) is 0 Å². The fourth-order valence-electron chi connectivity index (χ4n) is 1.81. The molecule has 2 heterocycles. The largest absolute Gasteiger partial charge is 0.337 e. The predicted molar refractivity (Wildman–Crippen MR) is 60.5 cm³/mol. The summed E-state index contributed by atoms with van der Waals surface area (Å²) in [6.07, 6.45) is 2.46. The molecule has 1 aliphatic rings. The van der Waals surface area contributed by atoms with Gasteiger partial charge in [0.15, 0.2) is 0 Å². The smallest absolute Gasteiger partial charge is 0.260 e. The lowest BCUT2D eigenvalue weighted by Crippen LogP contribution is -2.37. The van der Waals surface area contributed by atoms with E-state index in [2.05, 4.69) is 10.3 Å². The Morgan fingerprint density at radius 2 is 2.19 bits per heavy atom. The highest BCUT2D eigenvalue weighted by atomic mass is 16.2. The second-order valence-corrected chi connectivity index (χ2v) is 3.81. The molecule has 1 aromatic heterocycles. The molecule has 1 amide bonds. The standard InChI is InChI=1S/C11H15N3O2/c15-10-9(3-1-5-13-10)11(16)14-7-2-4-12-6-8-14/h1,3,5,12H,2,4,6-8H2,(H,13,15). The molecule has 5 nitrogen and oxygen atoms in total. The van der Waals surface area contributed by atoms with Gasteiger partial charge in [-0.1, -0.05) is 0 Å². The van der Waals surface area contributed by atoms with E-state index >= 15 is 0 Å². The number of pyridine rings is 1. The number of carbonyl (C=O) groups excluding carboxylic acids is 1. The number of carbonyl (C=O) groups is 1. The van der Waals surface area contributed by atoms with Crippen molar-refractivity contribution in [3.05, 3.63) is 34.2 Å². The van der Waals surface area contributed by atoms with Crippen LogP contribution < -0.4 is 10.9 Å². The van der Waals surface area contributed by atoms with Crippen LogP contribution in [-0.4, -0.2) is 42.0 Å². The number of hydrogen-bond acceptors (Lipinski definition) is 3. The lowest BCUT2D eigenvalue weighted by molar-refractivity contribution is 0.0764. The maximum atomic E-state index is 12.1. The maximum absolute atomic E-state index is 12.1. The molecule has 0 unspecified atom stereocenters. The fraction of sp³-hybridized carbons (Fsp3) is 0.455. The third-order valence-electron chi connectivity index (χ3n) is 2.68. The zero-order valence-electron chi connectivity index (χ0n) is 9.03. The van der Waals surface area contributed by atoms with Crippen LogP contribution in [0.25, 0.3) is 0 Å². The van der Waals surface area contributed by atoms with E-state index in [4.69, 9.17) is 0 Å². The average molecular weight is 221 g/mol. The summed E-state index contributed by atoms with van der Waals surface area (Å²) >= 11 is 0. The molecule has 0 atom stereocenters. The maximum Gasteiger partial charge on any atom is 0.260 e. The number of nitrogens with one attached hydrogen (secondary N) is 2. The Hall–Kier alpha value is -1.62. The van der Waals surface area contributed by atoms with Gasteiger partial charge in [0.25, 0.3) is 11.5 Å². The van der Waals surface area contributed by atoms with Crippen molar-refractivity contribution in [3.63, 3.8) is 0 Å². The van der Waals surface area contributed by atoms with Crippen LogP contribution in [0.1, 0.15) is 16.8 Å². The van der Waals surface area contributed by atoms with Crippen LogP contribution in [-0.2, 0) is 0 Å². The van der Waals surface area contributed by atoms with Crippen molar-refractivity contribution in [3.8, 4) is 0 Å². The molecule has 1 saturated heterocycles.